The van der Waals surface area contributed by atoms with Crippen molar-refractivity contribution in [3.05, 3.63) is 46.9 Å². The largest absolute Gasteiger partial charge is 0.480 e. The van der Waals surface area contributed by atoms with Crippen molar-refractivity contribution in [2.24, 2.45) is 0 Å². The van der Waals surface area contributed by atoms with E-state index < -0.39 is 0 Å². The number of hydrogen-bond donors (Lipinski definition) is 2. The van der Waals surface area contributed by atoms with E-state index in [1.54, 1.807) is 7.11 Å². The Labute approximate surface area is 152 Å². The van der Waals surface area contributed by atoms with Crippen molar-refractivity contribution in [3.8, 4) is 5.88 Å². The maximum Gasteiger partial charge on any atom is 0.235 e. The molecule has 2 N–H and O–H groups in total. The van der Waals surface area contributed by atoms with Gasteiger partial charge < -0.3 is 10.1 Å². The molecule has 0 aliphatic carbocycles. The number of aromatic amines is 1. The minimum atomic E-state index is -0.0131. The maximum atomic E-state index is 12.2. The lowest BCUT2D eigenvalue weighted by atomic mass is 10.1. The average Bonchev–Trinajstić information content (AvgIpc) is 2.97. The zero-order chi connectivity index (χ0) is 18.5. The summed E-state index contributed by atoms with van der Waals surface area (Å²) in [6, 6.07) is 7.62. The number of para-hydroxylation sites is 2. The summed E-state index contributed by atoms with van der Waals surface area (Å²) in [6.45, 7) is 4.54. The van der Waals surface area contributed by atoms with Gasteiger partial charge in [0.05, 0.1) is 23.8 Å². The Kier molecular flexibility index (Phi) is 5.46. The van der Waals surface area contributed by atoms with Crippen LogP contribution in [0.4, 0.5) is 0 Å². The number of nitrogens with one attached hydrogen (secondary N) is 2. The molecule has 7 heteroatoms. The molecule has 0 unspecified atom stereocenters. The Bertz CT molecular complexity index is 900. The number of aryl methyl sites for hydroxylation is 3. The van der Waals surface area contributed by atoms with Gasteiger partial charge in [0, 0.05) is 25.1 Å². The first-order chi connectivity index (χ1) is 12.6. The summed E-state index contributed by atoms with van der Waals surface area (Å²) in [5.41, 5.74) is 5.47. The van der Waals surface area contributed by atoms with E-state index in [9.17, 15) is 4.79 Å². The highest BCUT2D eigenvalue weighted by atomic mass is 16.5. The lowest BCUT2D eigenvalue weighted by Crippen LogP contribution is -2.26. The van der Waals surface area contributed by atoms with Gasteiger partial charge in [-0.05, 0) is 38.0 Å². The van der Waals surface area contributed by atoms with Gasteiger partial charge in [-0.2, -0.15) is 5.10 Å². The van der Waals surface area contributed by atoms with E-state index in [-0.39, 0.29) is 5.91 Å². The van der Waals surface area contributed by atoms with Crippen LogP contribution in [0.3, 0.4) is 0 Å². The summed E-state index contributed by atoms with van der Waals surface area (Å²) < 4.78 is 5.33. The smallest absolute Gasteiger partial charge is 0.235 e. The van der Waals surface area contributed by atoms with Crippen molar-refractivity contribution >= 4 is 16.9 Å². The number of nitrogens with zero attached hydrogens (tertiary/aromatic N) is 3. The minimum Gasteiger partial charge on any atom is -0.480 e. The van der Waals surface area contributed by atoms with Crippen molar-refractivity contribution in [2.45, 2.75) is 33.1 Å². The Morgan fingerprint density at radius 2 is 1.88 bits per heavy atom. The quantitative estimate of drug-likeness (QED) is 0.680. The van der Waals surface area contributed by atoms with Crippen LogP contribution in [0.5, 0.6) is 5.88 Å². The van der Waals surface area contributed by atoms with Crippen molar-refractivity contribution in [1.29, 1.82) is 0 Å². The number of rotatable bonds is 7. The van der Waals surface area contributed by atoms with E-state index in [4.69, 9.17) is 4.74 Å². The topological polar surface area (TPSA) is 92.8 Å². The van der Waals surface area contributed by atoms with Crippen LogP contribution in [-0.4, -0.2) is 39.7 Å². The van der Waals surface area contributed by atoms with Gasteiger partial charge in [-0.3, -0.25) is 9.89 Å². The normalized spacial score (nSPS) is 10.9. The number of carbonyl (C=O) groups excluding carboxylic acids is 1. The van der Waals surface area contributed by atoms with Gasteiger partial charge in [-0.15, -0.1) is 0 Å². The molecule has 1 aromatic carbocycles. The fourth-order valence-electron chi connectivity index (χ4n) is 2.94. The van der Waals surface area contributed by atoms with Gasteiger partial charge >= 0.3 is 0 Å². The van der Waals surface area contributed by atoms with Gasteiger partial charge in [-0.1, -0.05) is 12.1 Å². The van der Waals surface area contributed by atoms with Crippen molar-refractivity contribution in [1.82, 2.24) is 25.5 Å². The number of hydrogen-bond acceptors (Lipinski definition) is 5. The number of amides is 1. The molecule has 2 heterocycles. The molecule has 3 rings (SSSR count). The molecule has 0 saturated carbocycles. The zero-order valence-electron chi connectivity index (χ0n) is 15.3. The van der Waals surface area contributed by atoms with Gasteiger partial charge in [0.15, 0.2) is 0 Å². The summed E-state index contributed by atoms with van der Waals surface area (Å²) in [5, 5.41) is 10.1. The van der Waals surface area contributed by atoms with E-state index >= 15 is 0 Å². The standard InChI is InChI=1S/C19H23N5O2/c1-12-14(13(2)24-23-12)10-11-20-18(25)9-8-17-19(26-3)22-16-7-5-4-6-15(16)21-17/h4-7H,8-11H2,1-3H3,(H,20,25)(H,23,24). The van der Waals surface area contributed by atoms with Gasteiger partial charge in [-0.25, -0.2) is 9.97 Å². The fourth-order valence-corrected chi connectivity index (χ4v) is 2.94. The van der Waals surface area contributed by atoms with Crippen LogP contribution < -0.4 is 10.1 Å². The monoisotopic (exact) mass is 353 g/mol. The Hall–Kier alpha value is -2.96. The first kappa shape index (κ1) is 17.8. The van der Waals surface area contributed by atoms with E-state index in [1.807, 2.05) is 38.1 Å². The SMILES string of the molecule is COc1nc2ccccc2nc1CCC(=O)NCCc1c(C)n[nH]c1C. The molecule has 0 fully saturated rings. The summed E-state index contributed by atoms with van der Waals surface area (Å²) in [7, 11) is 1.57. The average molecular weight is 353 g/mol. The number of carbonyl (C=O) groups is 1. The summed E-state index contributed by atoms with van der Waals surface area (Å²) in [6.07, 6.45) is 1.59. The Morgan fingerprint density at radius 1 is 1.15 bits per heavy atom. The van der Waals surface area contributed by atoms with E-state index in [0.29, 0.717) is 31.0 Å². The highest BCUT2D eigenvalue weighted by Crippen LogP contribution is 2.19. The van der Waals surface area contributed by atoms with Crippen LogP contribution in [-0.2, 0) is 17.6 Å². The van der Waals surface area contributed by atoms with E-state index in [2.05, 4.69) is 25.5 Å². The molecule has 7 nitrogen and oxygen atoms in total. The maximum absolute atomic E-state index is 12.2. The van der Waals surface area contributed by atoms with Crippen molar-refractivity contribution in [2.75, 3.05) is 13.7 Å². The Morgan fingerprint density at radius 3 is 2.54 bits per heavy atom. The summed E-state index contributed by atoms with van der Waals surface area (Å²) in [4.78, 5) is 21.2. The number of benzene rings is 1. The molecule has 0 aliphatic heterocycles. The van der Waals surface area contributed by atoms with Crippen LogP contribution in [0.15, 0.2) is 24.3 Å². The first-order valence-corrected chi connectivity index (χ1v) is 8.65. The third kappa shape index (κ3) is 3.99. The molecule has 136 valence electrons. The molecule has 0 bridgehead atoms. The van der Waals surface area contributed by atoms with Gasteiger partial charge in [0.1, 0.15) is 5.69 Å². The minimum absolute atomic E-state index is 0.0131. The summed E-state index contributed by atoms with van der Waals surface area (Å²) >= 11 is 0. The molecular formula is C19H23N5O2. The molecule has 2 aromatic heterocycles. The van der Waals surface area contributed by atoms with Gasteiger partial charge in [0.25, 0.3) is 0 Å². The second kappa shape index (κ2) is 7.95. The molecular weight excluding hydrogens is 330 g/mol. The lowest BCUT2D eigenvalue weighted by Gasteiger charge is -2.09. The molecule has 1 amide bonds. The van der Waals surface area contributed by atoms with Crippen LogP contribution in [0, 0.1) is 13.8 Å². The van der Waals surface area contributed by atoms with Crippen LogP contribution in [0.1, 0.15) is 29.1 Å². The predicted octanol–water partition coefficient (Wildman–Crippen LogP) is 2.27. The molecule has 0 saturated heterocycles. The second-order valence-corrected chi connectivity index (χ2v) is 6.18. The third-order valence-corrected chi connectivity index (χ3v) is 4.37. The third-order valence-electron chi connectivity index (χ3n) is 4.37. The van der Waals surface area contributed by atoms with Crippen LogP contribution in [0.25, 0.3) is 11.0 Å². The van der Waals surface area contributed by atoms with Crippen LogP contribution >= 0.6 is 0 Å². The Balaban J connectivity index is 1.56. The molecule has 0 aliphatic rings. The number of aromatic nitrogens is 4. The number of methoxy groups -OCH3 is 1. The molecule has 3 aromatic rings. The van der Waals surface area contributed by atoms with Crippen molar-refractivity contribution < 1.29 is 9.53 Å². The van der Waals surface area contributed by atoms with E-state index in [1.165, 1.54) is 0 Å². The van der Waals surface area contributed by atoms with Crippen molar-refractivity contribution in [3.63, 3.8) is 0 Å². The molecule has 26 heavy (non-hydrogen) atoms. The molecule has 0 radical (unpaired) electrons. The number of fused-ring (bicyclic) bond motifs is 1. The zero-order valence-corrected chi connectivity index (χ0v) is 15.3. The fraction of sp³-hybridized carbons (Fsp3) is 0.368. The lowest BCUT2D eigenvalue weighted by molar-refractivity contribution is -0.121. The first-order valence-electron chi connectivity index (χ1n) is 8.65. The predicted molar refractivity (Wildman–Crippen MR) is 99.2 cm³/mol. The van der Waals surface area contributed by atoms with Gasteiger partial charge in [0.2, 0.25) is 11.8 Å². The molecule has 0 atom stereocenters. The number of ether oxygens (including phenoxy) is 1. The second-order valence-electron chi connectivity index (χ2n) is 6.18. The highest BCUT2D eigenvalue weighted by Gasteiger charge is 2.12. The highest BCUT2D eigenvalue weighted by molar-refractivity contribution is 5.77. The summed E-state index contributed by atoms with van der Waals surface area (Å²) in [5.74, 6) is 0.460. The van der Waals surface area contributed by atoms with Crippen LogP contribution in [0.2, 0.25) is 0 Å². The van der Waals surface area contributed by atoms with E-state index in [0.717, 1.165) is 34.4 Å². The molecule has 0 spiro atoms. The number of H-pyrrole nitrogens is 1.